The Bertz CT molecular complexity index is 1100. The van der Waals surface area contributed by atoms with Crippen LogP contribution in [0.1, 0.15) is 35.1 Å². The summed E-state index contributed by atoms with van der Waals surface area (Å²) in [7, 11) is 0. The second-order valence-electron chi connectivity index (χ2n) is 10.1. The summed E-state index contributed by atoms with van der Waals surface area (Å²) in [6, 6.07) is 20.7. The monoisotopic (exact) mass is 491 g/mol. The van der Waals surface area contributed by atoms with Gasteiger partial charge in [0, 0.05) is 19.6 Å². The molecule has 0 saturated heterocycles. The maximum Gasteiger partial charge on any atom is 0.126 e. The topological polar surface area (TPSA) is 62.2 Å². The third-order valence-electron chi connectivity index (χ3n) is 7.19. The predicted octanol–water partition coefficient (Wildman–Crippen LogP) is 4.45. The fourth-order valence-corrected chi connectivity index (χ4v) is 5.27. The molecule has 3 aromatic rings. The van der Waals surface area contributed by atoms with Gasteiger partial charge >= 0.3 is 0 Å². The number of hydrogen-bond donors (Lipinski definition) is 2. The van der Waals surface area contributed by atoms with E-state index < -0.39 is 12.2 Å². The third kappa shape index (κ3) is 5.89. The molecule has 36 heavy (non-hydrogen) atoms. The van der Waals surface area contributed by atoms with Crippen LogP contribution in [0.4, 0.5) is 4.39 Å². The van der Waals surface area contributed by atoms with Crippen molar-refractivity contribution in [3.63, 3.8) is 0 Å². The van der Waals surface area contributed by atoms with Crippen molar-refractivity contribution in [2.24, 2.45) is 0 Å². The fourth-order valence-electron chi connectivity index (χ4n) is 5.27. The van der Waals surface area contributed by atoms with E-state index in [1.807, 2.05) is 42.5 Å². The van der Waals surface area contributed by atoms with Crippen LogP contribution in [-0.2, 0) is 19.4 Å². The van der Waals surface area contributed by atoms with Gasteiger partial charge in [-0.1, -0.05) is 48.0 Å². The molecule has 0 radical (unpaired) electrons. The van der Waals surface area contributed by atoms with E-state index in [1.165, 1.54) is 23.3 Å². The number of hydrogen-bond acceptors (Lipinski definition) is 5. The molecule has 0 aliphatic carbocycles. The van der Waals surface area contributed by atoms with Gasteiger partial charge in [-0.3, -0.25) is 4.90 Å². The van der Waals surface area contributed by atoms with Crippen LogP contribution in [0.15, 0.2) is 66.7 Å². The van der Waals surface area contributed by atoms with Crippen LogP contribution >= 0.6 is 0 Å². The zero-order valence-electron chi connectivity index (χ0n) is 20.6. The number of aryl methyl sites for hydroxylation is 3. The van der Waals surface area contributed by atoms with Crippen molar-refractivity contribution in [1.82, 2.24) is 4.90 Å². The molecule has 2 aliphatic rings. The highest BCUT2D eigenvalue weighted by Crippen LogP contribution is 2.31. The first-order valence-corrected chi connectivity index (χ1v) is 12.8. The van der Waals surface area contributed by atoms with Crippen molar-refractivity contribution in [3.8, 4) is 11.5 Å². The Morgan fingerprint density at radius 1 is 0.833 bits per heavy atom. The summed E-state index contributed by atoms with van der Waals surface area (Å²) in [6.07, 6.45) is 0.741. The number of benzene rings is 3. The standard InChI is InChI=1S/C30H34FNO4/c1-20-7-11-27-22(15-20)8-12-29(35-27)25(33)18-32(17-21-5-3-2-4-6-21)19-26(34)30-13-9-23-16-24(31)10-14-28(23)36-30/h2-7,10-11,14-16,25-26,29-30,33-34H,8-9,12-13,17-19H2,1H3. The molecule has 6 heteroatoms. The Hall–Kier alpha value is -2.93. The van der Waals surface area contributed by atoms with E-state index in [4.69, 9.17) is 9.47 Å². The summed E-state index contributed by atoms with van der Waals surface area (Å²) in [4.78, 5) is 2.07. The molecule has 2 N–H and O–H groups in total. The summed E-state index contributed by atoms with van der Waals surface area (Å²) < 4.78 is 25.8. The summed E-state index contributed by atoms with van der Waals surface area (Å²) in [5.41, 5.74) is 4.33. The van der Waals surface area contributed by atoms with Gasteiger partial charge in [-0.05, 0) is 73.6 Å². The van der Waals surface area contributed by atoms with Crippen LogP contribution in [0.25, 0.3) is 0 Å². The molecule has 190 valence electrons. The molecule has 0 amide bonds. The predicted molar refractivity (Wildman–Crippen MR) is 137 cm³/mol. The lowest BCUT2D eigenvalue weighted by atomic mass is 9.97. The fraction of sp³-hybridized carbons (Fsp3) is 0.400. The molecule has 0 aromatic heterocycles. The molecule has 5 nitrogen and oxygen atoms in total. The molecule has 5 rings (SSSR count). The first-order chi connectivity index (χ1) is 17.4. The highest BCUT2D eigenvalue weighted by Gasteiger charge is 2.31. The highest BCUT2D eigenvalue weighted by molar-refractivity contribution is 5.38. The number of halogens is 1. The van der Waals surface area contributed by atoms with Crippen molar-refractivity contribution >= 4 is 0 Å². The van der Waals surface area contributed by atoms with E-state index in [0.717, 1.165) is 29.7 Å². The van der Waals surface area contributed by atoms with Gasteiger partial charge in [-0.25, -0.2) is 4.39 Å². The maximum absolute atomic E-state index is 13.6. The molecule has 2 aliphatic heterocycles. The lowest BCUT2D eigenvalue weighted by Gasteiger charge is -2.35. The van der Waals surface area contributed by atoms with Crippen LogP contribution in [0.2, 0.25) is 0 Å². The highest BCUT2D eigenvalue weighted by atomic mass is 19.1. The van der Waals surface area contributed by atoms with Crippen LogP contribution in [0.5, 0.6) is 11.5 Å². The molecular formula is C30H34FNO4. The Morgan fingerprint density at radius 3 is 2.06 bits per heavy atom. The Balaban J connectivity index is 1.26. The van der Waals surface area contributed by atoms with Gasteiger partial charge in [-0.15, -0.1) is 0 Å². The first kappa shape index (κ1) is 24.8. The minimum absolute atomic E-state index is 0.276. The molecule has 4 atom stereocenters. The van der Waals surface area contributed by atoms with Gasteiger partial charge < -0.3 is 19.7 Å². The summed E-state index contributed by atoms with van der Waals surface area (Å²) in [5, 5.41) is 22.3. The molecule has 0 spiro atoms. The number of aliphatic hydroxyl groups excluding tert-OH is 2. The van der Waals surface area contributed by atoms with Gasteiger partial charge in [0.25, 0.3) is 0 Å². The number of fused-ring (bicyclic) bond motifs is 2. The Morgan fingerprint density at radius 2 is 1.42 bits per heavy atom. The van der Waals surface area contributed by atoms with Gasteiger partial charge in [0.05, 0.1) is 0 Å². The molecule has 4 unspecified atom stereocenters. The summed E-state index contributed by atoms with van der Waals surface area (Å²) in [6.45, 7) is 3.37. The summed E-state index contributed by atoms with van der Waals surface area (Å²) in [5.74, 6) is 1.20. The van der Waals surface area contributed by atoms with Crippen molar-refractivity contribution in [3.05, 3.63) is 94.8 Å². The van der Waals surface area contributed by atoms with E-state index in [9.17, 15) is 14.6 Å². The van der Waals surface area contributed by atoms with Crippen molar-refractivity contribution in [2.45, 2.75) is 63.6 Å². The van der Waals surface area contributed by atoms with E-state index >= 15 is 0 Å². The molecule has 2 heterocycles. The van der Waals surface area contributed by atoms with Crippen molar-refractivity contribution in [2.75, 3.05) is 13.1 Å². The number of ether oxygens (including phenoxy) is 2. The lowest BCUT2D eigenvalue weighted by Crippen LogP contribution is -2.48. The molecule has 0 fully saturated rings. The van der Waals surface area contributed by atoms with E-state index in [1.54, 1.807) is 6.07 Å². The minimum Gasteiger partial charge on any atom is -0.487 e. The second-order valence-corrected chi connectivity index (χ2v) is 10.1. The average Bonchev–Trinajstić information content (AvgIpc) is 2.88. The van der Waals surface area contributed by atoms with Crippen LogP contribution in [0.3, 0.4) is 0 Å². The van der Waals surface area contributed by atoms with Crippen LogP contribution in [0, 0.1) is 12.7 Å². The van der Waals surface area contributed by atoms with Gasteiger partial charge in [0.15, 0.2) is 0 Å². The Kier molecular flexibility index (Phi) is 7.56. The van der Waals surface area contributed by atoms with Crippen LogP contribution in [-0.4, -0.2) is 52.6 Å². The smallest absolute Gasteiger partial charge is 0.126 e. The van der Waals surface area contributed by atoms with Gasteiger partial charge in [0.2, 0.25) is 0 Å². The zero-order chi connectivity index (χ0) is 25.1. The second kappa shape index (κ2) is 11.0. The zero-order valence-corrected chi connectivity index (χ0v) is 20.6. The maximum atomic E-state index is 13.6. The molecule has 0 saturated carbocycles. The van der Waals surface area contributed by atoms with E-state index in [0.29, 0.717) is 38.2 Å². The SMILES string of the molecule is Cc1ccc2c(c1)CCC(C(O)CN(Cc1ccccc1)CC(O)C1CCc3cc(F)ccc3O1)O2. The van der Waals surface area contributed by atoms with Gasteiger partial charge in [0.1, 0.15) is 41.7 Å². The van der Waals surface area contributed by atoms with E-state index in [2.05, 4.69) is 17.9 Å². The van der Waals surface area contributed by atoms with Crippen molar-refractivity contribution in [1.29, 1.82) is 0 Å². The normalized spacial score (nSPS) is 20.6. The molecular weight excluding hydrogens is 457 g/mol. The minimum atomic E-state index is -0.755. The number of nitrogens with zero attached hydrogens (tertiary/aromatic N) is 1. The quantitative estimate of drug-likeness (QED) is 0.488. The van der Waals surface area contributed by atoms with Gasteiger partial charge in [-0.2, -0.15) is 0 Å². The summed E-state index contributed by atoms with van der Waals surface area (Å²) >= 11 is 0. The Labute approximate surface area is 212 Å². The first-order valence-electron chi connectivity index (χ1n) is 12.8. The average molecular weight is 492 g/mol. The lowest BCUT2D eigenvalue weighted by molar-refractivity contribution is -0.0295. The molecule has 3 aromatic carbocycles. The van der Waals surface area contributed by atoms with Crippen LogP contribution < -0.4 is 9.47 Å². The number of aliphatic hydroxyl groups is 2. The third-order valence-corrected chi connectivity index (χ3v) is 7.19. The van der Waals surface area contributed by atoms with Crippen molar-refractivity contribution < 1.29 is 24.1 Å². The van der Waals surface area contributed by atoms with E-state index in [-0.39, 0.29) is 18.0 Å². The largest absolute Gasteiger partial charge is 0.487 e. The molecule has 0 bridgehead atoms. The number of rotatable bonds is 8.